The van der Waals surface area contributed by atoms with Gasteiger partial charge in [-0.2, -0.15) is 0 Å². The van der Waals surface area contributed by atoms with Gasteiger partial charge in [-0.25, -0.2) is 0 Å². The Balaban J connectivity index is 1.73. The highest BCUT2D eigenvalue weighted by Crippen LogP contribution is 2.42. The first-order chi connectivity index (χ1) is 8.21. The minimum absolute atomic E-state index is 0.521. The summed E-state index contributed by atoms with van der Waals surface area (Å²) in [5.41, 5.74) is 0.521. The van der Waals surface area contributed by atoms with Gasteiger partial charge in [-0.05, 0) is 64.0 Å². The van der Waals surface area contributed by atoms with Gasteiger partial charge in [-0.15, -0.1) is 0 Å². The lowest BCUT2D eigenvalue weighted by atomic mass is 9.76. The number of rotatable bonds is 2. The monoisotopic (exact) mass is 236 g/mol. The highest BCUT2D eigenvalue weighted by Gasteiger charge is 2.46. The van der Waals surface area contributed by atoms with E-state index in [2.05, 4.69) is 24.1 Å². The van der Waals surface area contributed by atoms with E-state index in [0.29, 0.717) is 5.54 Å². The fraction of sp³-hybridized carbons (Fsp3) is 1.00. The number of likely N-dealkylation sites (tertiary alicyclic amines) is 1. The average Bonchev–Trinajstić information content (AvgIpc) is 2.58. The highest BCUT2D eigenvalue weighted by atomic mass is 15.3. The molecule has 1 spiro atoms. The largest absolute Gasteiger partial charge is 0.315 e. The fourth-order valence-electron chi connectivity index (χ4n) is 4.53. The lowest BCUT2D eigenvalue weighted by molar-refractivity contribution is 0.0125. The summed E-state index contributed by atoms with van der Waals surface area (Å²) in [5, 5.41) is 3.69. The van der Waals surface area contributed by atoms with Crippen LogP contribution in [0.1, 0.15) is 52.4 Å². The third kappa shape index (κ3) is 2.04. The van der Waals surface area contributed by atoms with Gasteiger partial charge in [0.15, 0.2) is 0 Å². The van der Waals surface area contributed by atoms with Crippen LogP contribution in [0, 0.1) is 11.8 Å². The Kier molecular flexibility index (Phi) is 3.20. The van der Waals surface area contributed by atoms with E-state index in [1.165, 1.54) is 58.2 Å². The van der Waals surface area contributed by atoms with Gasteiger partial charge in [-0.1, -0.05) is 13.3 Å². The zero-order chi connectivity index (χ0) is 11.9. The van der Waals surface area contributed by atoms with Crippen LogP contribution in [-0.4, -0.2) is 36.1 Å². The molecule has 0 aromatic carbocycles. The minimum atomic E-state index is 0.521. The van der Waals surface area contributed by atoms with Crippen molar-refractivity contribution < 1.29 is 0 Å². The minimum Gasteiger partial charge on any atom is -0.315 e. The zero-order valence-corrected chi connectivity index (χ0v) is 11.5. The molecule has 3 rings (SSSR count). The smallest absolute Gasteiger partial charge is 0.0340 e. The molecule has 0 aromatic heterocycles. The predicted octanol–water partition coefficient (Wildman–Crippen LogP) is 2.64. The van der Waals surface area contributed by atoms with Crippen LogP contribution < -0.4 is 5.32 Å². The van der Waals surface area contributed by atoms with E-state index in [0.717, 1.165) is 17.9 Å². The lowest BCUT2D eigenvalue weighted by Gasteiger charge is -2.50. The van der Waals surface area contributed by atoms with Crippen LogP contribution in [0.25, 0.3) is 0 Å². The molecule has 3 unspecified atom stereocenters. The number of nitrogens with one attached hydrogen (secondary N) is 1. The number of hydrogen-bond acceptors (Lipinski definition) is 2. The molecule has 2 heteroatoms. The van der Waals surface area contributed by atoms with Gasteiger partial charge in [0.1, 0.15) is 0 Å². The molecule has 2 nitrogen and oxygen atoms in total. The second-order valence-corrected chi connectivity index (χ2v) is 6.89. The molecular formula is C15H28N2. The Hall–Kier alpha value is -0.0800. The van der Waals surface area contributed by atoms with Crippen LogP contribution >= 0.6 is 0 Å². The summed E-state index contributed by atoms with van der Waals surface area (Å²) >= 11 is 0. The van der Waals surface area contributed by atoms with Crippen LogP contribution in [0.3, 0.4) is 0 Å². The maximum Gasteiger partial charge on any atom is 0.0340 e. The number of nitrogens with zero attached hydrogens (tertiary/aromatic N) is 1. The van der Waals surface area contributed by atoms with Crippen molar-refractivity contribution in [1.29, 1.82) is 0 Å². The Morgan fingerprint density at radius 3 is 2.76 bits per heavy atom. The molecule has 0 amide bonds. The first-order valence-corrected chi connectivity index (χ1v) is 7.69. The van der Waals surface area contributed by atoms with Gasteiger partial charge < -0.3 is 5.32 Å². The van der Waals surface area contributed by atoms with Crippen LogP contribution in [0.2, 0.25) is 0 Å². The average molecular weight is 236 g/mol. The molecule has 1 saturated carbocycles. The van der Waals surface area contributed by atoms with Crippen LogP contribution in [0.15, 0.2) is 0 Å². The van der Waals surface area contributed by atoms with Gasteiger partial charge in [0.2, 0.25) is 0 Å². The second-order valence-electron chi connectivity index (χ2n) is 6.89. The second kappa shape index (κ2) is 4.55. The zero-order valence-electron chi connectivity index (χ0n) is 11.5. The fourth-order valence-corrected chi connectivity index (χ4v) is 4.53. The van der Waals surface area contributed by atoms with E-state index in [4.69, 9.17) is 0 Å². The van der Waals surface area contributed by atoms with E-state index in [-0.39, 0.29) is 0 Å². The Morgan fingerprint density at radius 2 is 2.12 bits per heavy atom. The first kappa shape index (κ1) is 12.0. The standard InChI is InChI=1S/C15H28N2/c1-12-9-15(11-16-10-12)7-4-8-17(15)13(2)14-5-3-6-14/h12-14,16H,3-11H2,1-2H3. The molecule has 98 valence electrons. The maximum atomic E-state index is 3.69. The van der Waals surface area contributed by atoms with E-state index in [1.807, 2.05) is 0 Å². The van der Waals surface area contributed by atoms with Crippen molar-refractivity contribution >= 4 is 0 Å². The molecule has 0 bridgehead atoms. The first-order valence-electron chi connectivity index (χ1n) is 7.69. The molecule has 2 saturated heterocycles. The molecule has 1 N–H and O–H groups in total. The van der Waals surface area contributed by atoms with Crippen molar-refractivity contribution in [1.82, 2.24) is 10.2 Å². The van der Waals surface area contributed by atoms with Crippen molar-refractivity contribution in [2.24, 2.45) is 11.8 Å². The quantitative estimate of drug-likeness (QED) is 0.793. The third-order valence-electron chi connectivity index (χ3n) is 5.65. The van der Waals surface area contributed by atoms with E-state index in [1.54, 1.807) is 0 Å². The van der Waals surface area contributed by atoms with Crippen LogP contribution in [0.4, 0.5) is 0 Å². The molecule has 2 aliphatic heterocycles. The molecule has 2 heterocycles. The molecule has 3 aliphatic rings. The van der Waals surface area contributed by atoms with Gasteiger partial charge in [0.05, 0.1) is 0 Å². The molecule has 3 fully saturated rings. The van der Waals surface area contributed by atoms with Crippen LogP contribution in [-0.2, 0) is 0 Å². The van der Waals surface area contributed by atoms with Gasteiger partial charge >= 0.3 is 0 Å². The summed E-state index contributed by atoms with van der Waals surface area (Å²) < 4.78 is 0. The van der Waals surface area contributed by atoms with Crippen LogP contribution in [0.5, 0.6) is 0 Å². The summed E-state index contributed by atoms with van der Waals surface area (Å²) in [7, 11) is 0. The molecule has 17 heavy (non-hydrogen) atoms. The third-order valence-corrected chi connectivity index (χ3v) is 5.65. The number of hydrogen-bond donors (Lipinski definition) is 1. The normalized spacial score (nSPS) is 41.6. The molecular weight excluding hydrogens is 208 g/mol. The topological polar surface area (TPSA) is 15.3 Å². The summed E-state index contributed by atoms with van der Waals surface area (Å²) in [6.45, 7) is 8.74. The highest BCUT2D eigenvalue weighted by molar-refractivity contribution is 5.04. The summed E-state index contributed by atoms with van der Waals surface area (Å²) in [6.07, 6.45) is 8.72. The summed E-state index contributed by atoms with van der Waals surface area (Å²) in [4.78, 5) is 2.89. The van der Waals surface area contributed by atoms with Crippen molar-refractivity contribution in [2.45, 2.75) is 64.0 Å². The van der Waals surface area contributed by atoms with E-state index < -0.39 is 0 Å². The molecule has 1 aliphatic carbocycles. The summed E-state index contributed by atoms with van der Waals surface area (Å²) in [5.74, 6) is 1.86. The Bertz CT molecular complexity index is 274. The van der Waals surface area contributed by atoms with Gasteiger partial charge in [0, 0.05) is 18.1 Å². The van der Waals surface area contributed by atoms with Crippen molar-refractivity contribution in [3.05, 3.63) is 0 Å². The lowest BCUT2D eigenvalue weighted by Crippen LogP contribution is -2.60. The molecule has 3 atom stereocenters. The van der Waals surface area contributed by atoms with E-state index >= 15 is 0 Å². The van der Waals surface area contributed by atoms with Crippen molar-refractivity contribution in [3.63, 3.8) is 0 Å². The Morgan fingerprint density at radius 1 is 1.29 bits per heavy atom. The SMILES string of the molecule is CC1CNCC2(CCCN2C(C)C2CCC2)C1. The van der Waals surface area contributed by atoms with Crippen molar-refractivity contribution in [3.8, 4) is 0 Å². The predicted molar refractivity (Wildman–Crippen MR) is 72.1 cm³/mol. The van der Waals surface area contributed by atoms with E-state index in [9.17, 15) is 0 Å². The summed E-state index contributed by atoms with van der Waals surface area (Å²) in [6, 6.07) is 0.832. The number of piperidine rings is 1. The Labute approximate surface area is 106 Å². The van der Waals surface area contributed by atoms with Gasteiger partial charge in [0.25, 0.3) is 0 Å². The van der Waals surface area contributed by atoms with Crippen molar-refractivity contribution in [2.75, 3.05) is 19.6 Å². The molecule has 0 aromatic rings. The molecule has 0 radical (unpaired) electrons. The van der Waals surface area contributed by atoms with Gasteiger partial charge in [-0.3, -0.25) is 4.90 Å². The maximum absolute atomic E-state index is 3.69.